The summed E-state index contributed by atoms with van der Waals surface area (Å²) in [4.78, 5) is 0. The first-order valence-corrected chi connectivity index (χ1v) is 4.07. The Hall–Kier alpha value is -0.470. The van der Waals surface area contributed by atoms with Crippen LogP contribution in [0.2, 0.25) is 0 Å². The second kappa shape index (κ2) is 3.28. The number of benzene rings is 1. The van der Waals surface area contributed by atoms with Gasteiger partial charge in [-0.2, -0.15) is 0 Å². The van der Waals surface area contributed by atoms with E-state index in [0.29, 0.717) is 3.89 Å². The molecule has 0 unspecified atom stereocenters. The van der Waals surface area contributed by atoms with Crippen molar-refractivity contribution in [3.8, 4) is 0 Å². The Kier molecular flexibility index (Phi) is 2.58. The quantitative estimate of drug-likeness (QED) is 0.507. The van der Waals surface area contributed by atoms with Crippen LogP contribution in [0, 0.1) is 0 Å². The lowest BCUT2D eigenvalue weighted by Crippen LogP contribution is -2.26. The molecule has 0 aliphatic rings. The van der Waals surface area contributed by atoms with Crippen molar-refractivity contribution in [3.05, 3.63) is 35.9 Å². The molecule has 11 heavy (non-hydrogen) atoms. The van der Waals surface area contributed by atoms with Crippen LogP contribution in [0.25, 0.3) is 0 Å². The summed E-state index contributed by atoms with van der Waals surface area (Å²) < 4.78 is 0.685. The molecule has 0 heterocycles. The Morgan fingerprint density at radius 3 is 2.18 bits per heavy atom. The zero-order chi connectivity index (χ0) is 8.32. The van der Waals surface area contributed by atoms with Crippen LogP contribution in [-0.4, -0.2) is 18.0 Å². The van der Waals surface area contributed by atoms with Gasteiger partial charge in [0.1, 0.15) is 6.54 Å². The van der Waals surface area contributed by atoms with E-state index in [1.807, 2.05) is 6.07 Å². The Morgan fingerprint density at radius 2 is 1.73 bits per heavy atom. The summed E-state index contributed by atoms with van der Waals surface area (Å²) in [5, 5.41) is 0. The van der Waals surface area contributed by atoms with Gasteiger partial charge in [0, 0.05) is 5.56 Å². The molecular weight excluding hydrogens is 154 g/mol. The number of hydrogen-bond acceptors (Lipinski definition) is 1. The van der Waals surface area contributed by atoms with E-state index in [1.54, 1.807) is 0 Å². The molecule has 0 fully saturated rings. The number of quaternary nitrogens is 1. The van der Waals surface area contributed by atoms with Crippen LogP contribution >= 0.6 is 12.8 Å². The van der Waals surface area contributed by atoms with Crippen LogP contribution in [-0.2, 0) is 6.54 Å². The normalized spacial score (nSPS) is 11.5. The van der Waals surface area contributed by atoms with Crippen LogP contribution in [0.15, 0.2) is 30.3 Å². The highest BCUT2D eigenvalue weighted by atomic mass is 32.1. The molecular formula is C9H14NS+. The average Bonchev–Trinajstić information content (AvgIpc) is 1.85. The van der Waals surface area contributed by atoms with Crippen LogP contribution in [0.3, 0.4) is 0 Å². The molecule has 0 atom stereocenters. The third-order valence-corrected chi connectivity index (χ3v) is 1.55. The van der Waals surface area contributed by atoms with Crippen LogP contribution in [0.4, 0.5) is 0 Å². The first kappa shape index (κ1) is 8.62. The summed E-state index contributed by atoms with van der Waals surface area (Å²) in [7, 11) is 4.13. The number of thiol groups is 1. The second-order valence-electron chi connectivity index (χ2n) is 3.26. The van der Waals surface area contributed by atoms with Crippen molar-refractivity contribution in [1.29, 1.82) is 0 Å². The standard InChI is InChI=1S/C9H14NS/c1-10(2,11)8-9-6-4-3-5-7-9/h3-7,11H,8H2,1-2H3/q+1. The molecule has 0 saturated carbocycles. The lowest BCUT2D eigenvalue weighted by Gasteiger charge is -2.20. The van der Waals surface area contributed by atoms with Gasteiger partial charge in [-0.15, -0.1) is 0 Å². The predicted octanol–water partition coefficient (Wildman–Crippen LogP) is 2.11. The fourth-order valence-electron chi connectivity index (χ4n) is 1.03. The summed E-state index contributed by atoms with van der Waals surface area (Å²) in [6.07, 6.45) is 0. The van der Waals surface area contributed by atoms with Crippen molar-refractivity contribution in [2.45, 2.75) is 6.54 Å². The number of nitrogens with zero attached hydrogens (tertiary/aromatic N) is 1. The molecule has 1 aromatic carbocycles. The summed E-state index contributed by atoms with van der Waals surface area (Å²) >= 11 is 4.40. The van der Waals surface area contributed by atoms with E-state index >= 15 is 0 Å². The Balaban J connectivity index is 2.66. The molecule has 0 aliphatic carbocycles. The zero-order valence-electron chi connectivity index (χ0n) is 6.99. The Labute approximate surface area is 73.8 Å². The first-order valence-electron chi connectivity index (χ1n) is 3.67. The molecule has 1 aromatic rings. The number of rotatable bonds is 2. The van der Waals surface area contributed by atoms with Gasteiger partial charge in [0.15, 0.2) is 0 Å². The van der Waals surface area contributed by atoms with E-state index in [2.05, 4.69) is 51.2 Å². The third kappa shape index (κ3) is 3.44. The molecule has 2 heteroatoms. The minimum absolute atomic E-state index is 0.685. The molecule has 0 amide bonds. The SMILES string of the molecule is C[N+](C)(S)Cc1ccccc1. The van der Waals surface area contributed by atoms with Gasteiger partial charge in [0.05, 0.1) is 26.9 Å². The summed E-state index contributed by atoms with van der Waals surface area (Å²) in [6.45, 7) is 0.962. The topological polar surface area (TPSA) is 0 Å². The summed E-state index contributed by atoms with van der Waals surface area (Å²) in [6, 6.07) is 10.4. The van der Waals surface area contributed by atoms with Crippen molar-refractivity contribution in [1.82, 2.24) is 0 Å². The second-order valence-corrected chi connectivity index (χ2v) is 4.35. The molecule has 0 saturated heterocycles. The monoisotopic (exact) mass is 168 g/mol. The summed E-state index contributed by atoms with van der Waals surface area (Å²) in [5.41, 5.74) is 1.33. The van der Waals surface area contributed by atoms with Gasteiger partial charge in [-0.05, 0) is 0 Å². The fourth-order valence-corrected chi connectivity index (χ4v) is 1.19. The summed E-state index contributed by atoms with van der Waals surface area (Å²) in [5.74, 6) is 0. The highest BCUT2D eigenvalue weighted by Crippen LogP contribution is 2.10. The van der Waals surface area contributed by atoms with Crippen molar-refractivity contribution >= 4 is 12.8 Å². The Bertz CT molecular complexity index is 213. The maximum absolute atomic E-state index is 4.40. The van der Waals surface area contributed by atoms with Crippen molar-refractivity contribution in [2.75, 3.05) is 14.1 Å². The zero-order valence-corrected chi connectivity index (χ0v) is 7.88. The van der Waals surface area contributed by atoms with Crippen molar-refractivity contribution < 1.29 is 3.89 Å². The van der Waals surface area contributed by atoms with Gasteiger partial charge in [-0.3, -0.25) is 3.89 Å². The fraction of sp³-hybridized carbons (Fsp3) is 0.333. The molecule has 60 valence electrons. The van der Waals surface area contributed by atoms with E-state index < -0.39 is 0 Å². The highest BCUT2D eigenvalue weighted by Gasteiger charge is 2.08. The Morgan fingerprint density at radius 1 is 1.18 bits per heavy atom. The van der Waals surface area contributed by atoms with Gasteiger partial charge in [0.25, 0.3) is 0 Å². The van der Waals surface area contributed by atoms with Crippen molar-refractivity contribution in [2.24, 2.45) is 0 Å². The third-order valence-electron chi connectivity index (χ3n) is 1.41. The first-order chi connectivity index (χ1) is 5.08. The van der Waals surface area contributed by atoms with Crippen molar-refractivity contribution in [3.63, 3.8) is 0 Å². The van der Waals surface area contributed by atoms with E-state index in [0.717, 1.165) is 6.54 Å². The van der Waals surface area contributed by atoms with E-state index in [9.17, 15) is 0 Å². The minimum Gasteiger partial charge on any atom is -0.265 e. The highest BCUT2D eigenvalue weighted by molar-refractivity contribution is 7.74. The van der Waals surface area contributed by atoms with Crippen LogP contribution in [0.5, 0.6) is 0 Å². The molecule has 0 N–H and O–H groups in total. The molecule has 0 aromatic heterocycles. The van der Waals surface area contributed by atoms with Crippen LogP contribution < -0.4 is 0 Å². The van der Waals surface area contributed by atoms with Gasteiger partial charge >= 0.3 is 0 Å². The van der Waals surface area contributed by atoms with Gasteiger partial charge in [0.2, 0.25) is 0 Å². The van der Waals surface area contributed by atoms with E-state index in [1.165, 1.54) is 5.56 Å². The van der Waals surface area contributed by atoms with Gasteiger partial charge in [-0.1, -0.05) is 30.3 Å². The maximum Gasteiger partial charge on any atom is 0.114 e. The predicted molar refractivity (Wildman–Crippen MR) is 51.2 cm³/mol. The lowest BCUT2D eigenvalue weighted by molar-refractivity contribution is -0.761. The lowest BCUT2D eigenvalue weighted by atomic mass is 10.2. The number of hydrogen-bond donors (Lipinski definition) is 1. The van der Waals surface area contributed by atoms with E-state index in [-0.39, 0.29) is 0 Å². The smallest absolute Gasteiger partial charge is 0.114 e. The largest absolute Gasteiger partial charge is 0.265 e. The molecule has 0 bridgehead atoms. The van der Waals surface area contributed by atoms with Gasteiger partial charge < -0.3 is 0 Å². The maximum atomic E-state index is 4.40. The minimum atomic E-state index is 0.685. The molecule has 1 nitrogen and oxygen atoms in total. The molecule has 0 aliphatic heterocycles. The van der Waals surface area contributed by atoms with Gasteiger partial charge in [-0.25, -0.2) is 0 Å². The molecule has 1 rings (SSSR count). The molecule has 0 radical (unpaired) electrons. The average molecular weight is 168 g/mol. The molecule has 0 spiro atoms. The van der Waals surface area contributed by atoms with E-state index in [4.69, 9.17) is 0 Å². The van der Waals surface area contributed by atoms with Crippen LogP contribution in [0.1, 0.15) is 5.56 Å².